The molecule has 1 aliphatic carbocycles. The second-order valence-corrected chi connectivity index (χ2v) is 12.4. The van der Waals surface area contributed by atoms with Crippen LogP contribution in [0.1, 0.15) is 22.8 Å². The van der Waals surface area contributed by atoms with Gasteiger partial charge in [-0.05, 0) is 42.3 Å². The summed E-state index contributed by atoms with van der Waals surface area (Å²) in [6.45, 7) is 7.81. The highest BCUT2D eigenvalue weighted by atomic mass is 19.2. The van der Waals surface area contributed by atoms with Crippen LogP contribution in [0.4, 0.5) is 20.3 Å². The van der Waals surface area contributed by atoms with Crippen molar-refractivity contribution < 1.29 is 22.8 Å². The van der Waals surface area contributed by atoms with Crippen LogP contribution >= 0.6 is 0 Å². The Hall–Kier alpha value is -4.09. The number of carbonyl (C=O) groups excluding carboxylic acids is 1. The molecule has 1 saturated carbocycles. The number of methoxy groups -OCH3 is 1. The number of benzene rings is 2. The molecule has 0 bridgehead atoms. The van der Waals surface area contributed by atoms with Crippen LogP contribution in [-0.2, 0) is 6.42 Å². The van der Waals surface area contributed by atoms with E-state index in [1.165, 1.54) is 32.0 Å². The lowest BCUT2D eigenvalue weighted by Crippen LogP contribution is -2.56. The van der Waals surface area contributed by atoms with Gasteiger partial charge in [0.15, 0.2) is 23.0 Å². The van der Waals surface area contributed by atoms with Gasteiger partial charge in [0.2, 0.25) is 5.82 Å². The summed E-state index contributed by atoms with van der Waals surface area (Å²) in [5, 5.41) is 9.99. The smallest absolute Gasteiger partial charge is 0.251 e. The Morgan fingerprint density at radius 1 is 1.14 bits per heavy atom. The molecular weight excluding hydrogens is 552 g/mol. The van der Waals surface area contributed by atoms with E-state index in [9.17, 15) is 13.6 Å². The summed E-state index contributed by atoms with van der Waals surface area (Å²) in [5.41, 5.74) is 3.25. The lowest BCUT2D eigenvalue weighted by atomic mass is 10.0. The molecule has 7 rings (SSSR count). The van der Waals surface area contributed by atoms with Gasteiger partial charge in [0.25, 0.3) is 5.91 Å². The second-order valence-electron chi connectivity index (χ2n) is 12.4. The molecule has 2 saturated heterocycles. The van der Waals surface area contributed by atoms with Crippen LogP contribution in [0, 0.1) is 29.4 Å². The molecule has 43 heavy (non-hydrogen) atoms. The van der Waals surface area contributed by atoms with E-state index in [1.54, 1.807) is 16.8 Å². The molecule has 224 valence electrons. The SMILES string of the molecule is CCc1cc(Nc2nccn3c(-c4ccc(OC)c(F)c4F)cnc23)ccc1C(=O)N[C@H]1[C@@H]2C[N+](C)(CC3CNC3)C[C@@H]21. The van der Waals surface area contributed by atoms with Crippen LogP contribution in [0.25, 0.3) is 16.9 Å². The average Bonchev–Trinajstić information content (AvgIpc) is 3.28. The molecule has 3 N–H and O–H groups in total. The number of hydrogen-bond acceptors (Lipinski definition) is 6. The fourth-order valence-electron chi connectivity index (χ4n) is 7.14. The van der Waals surface area contributed by atoms with Crippen molar-refractivity contribution in [1.82, 2.24) is 25.0 Å². The number of fused-ring (bicyclic) bond motifs is 2. The number of piperidine rings is 1. The van der Waals surface area contributed by atoms with Gasteiger partial charge < -0.3 is 25.2 Å². The Balaban J connectivity index is 1.06. The minimum absolute atomic E-state index is 0.0212. The van der Waals surface area contributed by atoms with E-state index in [0.717, 1.165) is 47.8 Å². The van der Waals surface area contributed by atoms with Gasteiger partial charge in [0, 0.05) is 66.1 Å². The summed E-state index contributed by atoms with van der Waals surface area (Å²) in [4.78, 5) is 22.2. The van der Waals surface area contributed by atoms with Crippen molar-refractivity contribution in [2.45, 2.75) is 19.4 Å². The predicted molar refractivity (Wildman–Crippen MR) is 159 cm³/mol. The number of imidazole rings is 1. The normalized spacial score (nSPS) is 24.4. The van der Waals surface area contributed by atoms with Gasteiger partial charge in [-0.25, -0.2) is 14.4 Å². The van der Waals surface area contributed by atoms with Crippen molar-refractivity contribution in [3.63, 3.8) is 0 Å². The molecule has 4 atom stereocenters. The second kappa shape index (κ2) is 10.6. The van der Waals surface area contributed by atoms with Gasteiger partial charge in [-0.1, -0.05) is 6.92 Å². The van der Waals surface area contributed by atoms with Crippen LogP contribution < -0.4 is 20.7 Å². The average molecular weight is 589 g/mol. The van der Waals surface area contributed by atoms with Crippen LogP contribution in [0.3, 0.4) is 0 Å². The largest absolute Gasteiger partial charge is 0.494 e. The van der Waals surface area contributed by atoms with Gasteiger partial charge in [0.05, 0.1) is 45.7 Å². The molecule has 3 fully saturated rings. The number of hydrogen-bond donors (Lipinski definition) is 3. The Morgan fingerprint density at radius 3 is 2.63 bits per heavy atom. The first-order valence-electron chi connectivity index (χ1n) is 14.9. The lowest BCUT2D eigenvalue weighted by Gasteiger charge is -2.39. The molecular formula is C32H36F2N7O2+. The number of halogens is 2. The van der Waals surface area contributed by atoms with Crippen LogP contribution in [0.2, 0.25) is 0 Å². The van der Waals surface area contributed by atoms with E-state index in [-0.39, 0.29) is 23.3 Å². The topological polar surface area (TPSA) is 92.6 Å². The first kappa shape index (κ1) is 27.7. The minimum Gasteiger partial charge on any atom is -0.494 e. The molecule has 2 aromatic carbocycles. The highest BCUT2D eigenvalue weighted by molar-refractivity contribution is 5.96. The summed E-state index contributed by atoms with van der Waals surface area (Å²) < 4.78 is 36.9. The van der Waals surface area contributed by atoms with Gasteiger partial charge in [0.1, 0.15) is 0 Å². The molecule has 2 aromatic heterocycles. The van der Waals surface area contributed by atoms with Crippen molar-refractivity contribution >= 4 is 23.1 Å². The molecule has 0 radical (unpaired) electrons. The third-order valence-electron chi connectivity index (χ3n) is 9.46. The number of aromatic nitrogens is 3. The first-order chi connectivity index (χ1) is 20.8. The zero-order valence-electron chi connectivity index (χ0n) is 24.5. The van der Waals surface area contributed by atoms with Crippen molar-refractivity contribution in [2.24, 2.45) is 17.8 Å². The minimum atomic E-state index is -1.05. The van der Waals surface area contributed by atoms with Crippen LogP contribution in [-0.4, -0.2) is 77.7 Å². The summed E-state index contributed by atoms with van der Waals surface area (Å²) in [6, 6.07) is 8.78. The number of ether oxygens (including phenoxy) is 1. The zero-order valence-corrected chi connectivity index (χ0v) is 24.5. The molecule has 0 spiro atoms. The molecule has 9 nitrogen and oxygen atoms in total. The Kier molecular flexibility index (Phi) is 6.81. The summed E-state index contributed by atoms with van der Waals surface area (Å²) in [5.74, 6) is 0.129. The Morgan fingerprint density at radius 2 is 1.93 bits per heavy atom. The van der Waals surface area contributed by atoms with E-state index in [0.29, 0.717) is 41.0 Å². The maximum absolute atomic E-state index is 14.9. The highest BCUT2D eigenvalue weighted by Crippen LogP contribution is 2.48. The zero-order chi connectivity index (χ0) is 29.9. The fraction of sp³-hybridized carbons (Fsp3) is 0.406. The quantitative estimate of drug-likeness (QED) is 0.256. The number of likely N-dealkylation sites (tertiary alicyclic amines) is 1. The maximum Gasteiger partial charge on any atom is 0.251 e. The van der Waals surface area contributed by atoms with Crippen LogP contribution in [0.5, 0.6) is 5.75 Å². The first-order valence-corrected chi connectivity index (χ1v) is 14.9. The van der Waals surface area contributed by atoms with Crippen LogP contribution in [0.15, 0.2) is 48.9 Å². The van der Waals surface area contributed by atoms with Crippen molar-refractivity contribution in [2.75, 3.05) is 52.2 Å². The van der Waals surface area contributed by atoms with Crippen molar-refractivity contribution in [1.29, 1.82) is 0 Å². The number of amides is 1. The van der Waals surface area contributed by atoms with E-state index >= 15 is 0 Å². The number of aryl methyl sites for hydroxylation is 1. The van der Waals surface area contributed by atoms with E-state index in [2.05, 4.69) is 33.0 Å². The standard InChI is InChI=1S/C32H35F2N7O2/c1-4-19-11-20(5-6-21(19)32(42)39-29-23-16-41(2,17-24(23)29)15-18-12-35-13-18)38-30-31-37-14-25(40(31)10-9-36-30)22-7-8-26(43-3)28(34)27(22)33/h5-11,14,18,23-24,29,35H,4,12-13,15-17H2,1-3H3,(H-,36,38,39,42)/p+1/t23-,24+,29+,41?. The summed E-state index contributed by atoms with van der Waals surface area (Å²) in [7, 11) is 3.65. The summed E-state index contributed by atoms with van der Waals surface area (Å²) >= 11 is 0. The van der Waals surface area contributed by atoms with Gasteiger partial charge in [-0.3, -0.25) is 9.20 Å². The Labute approximate surface area is 248 Å². The molecule has 4 aromatic rings. The van der Waals surface area contributed by atoms with Gasteiger partial charge >= 0.3 is 0 Å². The molecule has 4 heterocycles. The molecule has 1 amide bonds. The fourth-order valence-corrected chi connectivity index (χ4v) is 7.14. The van der Waals surface area contributed by atoms with E-state index in [1.807, 2.05) is 25.1 Å². The number of carbonyl (C=O) groups is 1. The summed E-state index contributed by atoms with van der Waals surface area (Å²) in [6.07, 6.45) is 5.39. The predicted octanol–water partition coefficient (Wildman–Crippen LogP) is 4.01. The van der Waals surface area contributed by atoms with E-state index < -0.39 is 11.6 Å². The van der Waals surface area contributed by atoms with Crippen molar-refractivity contribution in [3.05, 3.63) is 71.7 Å². The van der Waals surface area contributed by atoms with Crippen molar-refractivity contribution in [3.8, 4) is 17.0 Å². The number of rotatable bonds is 9. The lowest BCUT2D eigenvalue weighted by molar-refractivity contribution is -0.906. The monoisotopic (exact) mass is 588 g/mol. The Bertz CT molecular complexity index is 1710. The number of nitrogens with zero attached hydrogens (tertiary/aromatic N) is 4. The number of quaternary nitrogens is 1. The molecule has 11 heteroatoms. The van der Waals surface area contributed by atoms with Gasteiger partial charge in [-0.15, -0.1) is 0 Å². The number of anilines is 2. The van der Waals surface area contributed by atoms with E-state index in [4.69, 9.17) is 4.74 Å². The molecule has 3 aliphatic rings. The third-order valence-corrected chi connectivity index (χ3v) is 9.46. The third kappa shape index (κ3) is 4.90. The van der Waals surface area contributed by atoms with Gasteiger partial charge in [-0.2, -0.15) is 4.39 Å². The number of nitrogens with one attached hydrogen (secondary N) is 3. The molecule has 1 unspecified atom stereocenters. The maximum atomic E-state index is 14.9. The highest BCUT2D eigenvalue weighted by Gasteiger charge is 2.63. The molecule has 2 aliphatic heterocycles.